The molecule has 0 saturated carbocycles. The van der Waals surface area contributed by atoms with Gasteiger partial charge < -0.3 is 10.6 Å². The number of hydrogen-bond donors (Lipinski definition) is 1. The van der Waals surface area contributed by atoms with Crippen LogP contribution in [-0.4, -0.2) is 18.6 Å². The fraction of sp³-hybridized carbons (Fsp3) is 0.300. The Morgan fingerprint density at radius 3 is 3.00 bits per heavy atom. The van der Waals surface area contributed by atoms with Crippen LogP contribution in [0.25, 0.3) is 0 Å². The molecule has 0 radical (unpaired) electrons. The predicted octanol–water partition coefficient (Wildman–Crippen LogP) is 1.31. The number of nitrogens with two attached hydrogens (primary N) is 1. The predicted molar refractivity (Wildman–Crippen MR) is 59.3 cm³/mol. The van der Waals surface area contributed by atoms with Crippen LogP contribution in [-0.2, 0) is 6.42 Å². The molecule has 0 atom stereocenters. The van der Waals surface area contributed by atoms with E-state index in [9.17, 15) is 0 Å². The molecule has 3 heteroatoms. The van der Waals surface area contributed by atoms with E-state index < -0.39 is 0 Å². The highest BCUT2D eigenvalue weighted by molar-refractivity contribution is 7.80. The lowest BCUT2D eigenvalue weighted by Gasteiger charge is -2.12. The average molecular weight is 192 g/mol. The van der Waals surface area contributed by atoms with Gasteiger partial charge in [-0.2, -0.15) is 0 Å². The fourth-order valence-corrected chi connectivity index (χ4v) is 1.82. The lowest BCUT2D eigenvalue weighted by Crippen LogP contribution is -2.14. The number of fused-ring (bicyclic) bond motifs is 1. The van der Waals surface area contributed by atoms with Gasteiger partial charge in [-0.05, 0) is 18.1 Å². The summed E-state index contributed by atoms with van der Waals surface area (Å²) in [5.41, 5.74) is 9.19. The van der Waals surface area contributed by atoms with E-state index in [4.69, 9.17) is 18.0 Å². The Morgan fingerprint density at radius 1 is 1.54 bits per heavy atom. The van der Waals surface area contributed by atoms with Crippen LogP contribution in [0.5, 0.6) is 0 Å². The minimum absolute atomic E-state index is 0.475. The van der Waals surface area contributed by atoms with Crippen molar-refractivity contribution in [1.29, 1.82) is 0 Å². The molecule has 0 fully saturated rings. The summed E-state index contributed by atoms with van der Waals surface area (Å²) in [6.07, 6.45) is 1.13. The zero-order valence-electron chi connectivity index (χ0n) is 7.58. The molecule has 1 heterocycles. The monoisotopic (exact) mass is 192 g/mol. The van der Waals surface area contributed by atoms with Crippen molar-refractivity contribution in [3.05, 3.63) is 29.3 Å². The zero-order valence-corrected chi connectivity index (χ0v) is 8.40. The van der Waals surface area contributed by atoms with Gasteiger partial charge in [0.2, 0.25) is 0 Å². The first kappa shape index (κ1) is 8.51. The molecule has 0 unspecified atom stereocenters. The van der Waals surface area contributed by atoms with Crippen LogP contribution in [0.2, 0.25) is 0 Å². The Bertz CT molecular complexity index is 360. The van der Waals surface area contributed by atoms with Crippen LogP contribution in [0.15, 0.2) is 18.2 Å². The quantitative estimate of drug-likeness (QED) is 0.680. The van der Waals surface area contributed by atoms with E-state index in [1.807, 2.05) is 6.07 Å². The lowest BCUT2D eigenvalue weighted by atomic mass is 10.1. The molecule has 0 amide bonds. The molecule has 1 aliphatic rings. The Balaban J connectivity index is 2.47. The molecule has 0 saturated heterocycles. The summed E-state index contributed by atoms with van der Waals surface area (Å²) >= 11 is 4.93. The average Bonchev–Trinajstić information content (AvgIpc) is 2.47. The normalized spacial score (nSPS) is 14.4. The van der Waals surface area contributed by atoms with E-state index in [-0.39, 0.29) is 0 Å². The summed E-state index contributed by atoms with van der Waals surface area (Å²) in [5.74, 6) is 0. The first-order valence-electron chi connectivity index (χ1n) is 4.32. The maximum Gasteiger partial charge on any atom is 0.104 e. The van der Waals surface area contributed by atoms with Crippen molar-refractivity contribution in [2.45, 2.75) is 6.42 Å². The Labute approximate surface area is 83.3 Å². The van der Waals surface area contributed by atoms with Gasteiger partial charge in [0.1, 0.15) is 4.99 Å². The number of benzene rings is 1. The molecule has 13 heavy (non-hydrogen) atoms. The smallest absolute Gasteiger partial charge is 0.104 e. The van der Waals surface area contributed by atoms with Gasteiger partial charge in [-0.3, -0.25) is 0 Å². The van der Waals surface area contributed by atoms with Crippen molar-refractivity contribution in [2.75, 3.05) is 18.5 Å². The summed E-state index contributed by atoms with van der Waals surface area (Å²) in [5, 5.41) is 0. The Kier molecular flexibility index (Phi) is 1.96. The van der Waals surface area contributed by atoms with Gasteiger partial charge in [-0.15, -0.1) is 0 Å². The van der Waals surface area contributed by atoms with E-state index in [2.05, 4.69) is 24.1 Å². The van der Waals surface area contributed by atoms with Crippen LogP contribution in [0.1, 0.15) is 11.1 Å². The van der Waals surface area contributed by atoms with Gasteiger partial charge in [-0.1, -0.05) is 24.4 Å². The summed E-state index contributed by atoms with van der Waals surface area (Å²) in [6, 6.07) is 6.19. The van der Waals surface area contributed by atoms with Crippen molar-refractivity contribution >= 4 is 22.9 Å². The van der Waals surface area contributed by atoms with Gasteiger partial charge in [0.15, 0.2) is 0 Å². The van der Waals surface area contributed by atoms with Crippen molar-refractivity contribution < 1.29 is 0 Å². The van der Waals surface area contributed by atoms with Crippen LogP contribution in [0, 0.1) is 0 Å². The van der Waals surface area contributed by atoms with Gasteiger partial charge in [0.25, 0.3) is 0 Å². The minimum Gasteiger partial charge on any atom is -0.389 e. The first-order valence-corrected chi connectivity index (χ1v) is 4.73. The third-order valence-corrected chi connectivity index (χ3v) is 2.73. The van der Waals surface area contributed by atoms with Crippen molar-refractivity contribution in [3.63, 3.8) is 0 Å². The highest BCUT2D eigenvalue weighted by Gasteiger charge is 2.15. The van der Waals surface area contributed by atoms with Gasteiger partial charge in [0.05, 0.1) is 0 Å². The number of thiocarbonyl (C=S) groups is 1. The minimum atomic E-state index is 0.475. The maximum atomic E-state index is 5.57. The third kappa shape index (κ3) is 1.40. The van der Waals surface area contributed by atoms with E-state index in [1.165, 1.54) is 11.3 Å². The molecule has 1 aromatic carbocycles. The highest BCUT2D eigenvalue weighted by atomic mass is 32.1. The fourth-order valence-electron chi connectivity index (χ4n) is 1.69. The Hall–Kier alpha value is -1.09. The molecule has 0 spiro atoms. The van der Waals surface area contributed by atoms with Crippen molar-refractivity contribution in [1.82, 2.24) is 0 Å². The molecular formula is C10H12N2S. The van der Waals surface area contributed by atoms with E-state index in [1.54, 1.807) is 0 Å². The molecule has 0 aromatic heterocycles. The summed E-state index contributed by atoms with van der Waals surface area (Å²) in [4.78, 5) is 2.71. The molecule has 1 aliphatic heterocycles. The number of hydrogen-bond acceptors (Lipinski definition) is 2. The molecule has 2 rings (SSSR count). The molecule has 1 aromatic rings. The SMILES string of the molecule is CN1CCc2ccc(C(N)=S)cc21. The van der Waals surface area contributed by atoms with Gasteiger partial charge >= 0.3 is 0 Å². The molecule has 0 aliphatic carbocycles. The molecule has 2 nitrogen and oxygen atoms in total. The second kappa shape index (κ2) is 3.00. The number of anilines is 1. The van der Waals surface area contributed by atoms with Crippen LogP contribution < -0.4 is 10.6 Å². The van der Waals surface area contributed by atoms with E-state index in [0.717, 1.165) is 18.5 Å². The number of likely N-dealkylation sites (N-methyl/N-ethyl adjacent to an activating group) is 1. The molecule has 68 valence electrons. The van der Waals surface area contributed by atoms with E-state index >= 15 is 0 Å². The first-order chi connectivity index (χ1) is 6.18. The van der Waals surface area contributed by atoms with Gasteiger partial charge in [-0.25, -0.2) is 0 Å². The summed E-state index contributed by atoms with van der Waals surface area (Å²) in [6.45, 7) is 1.09. The maximum absolute atomic E-state index is 5.57. The summed E-state index contributed by atoms with van der Waals surface area (Å²) in [7, 11) is 2.09. The van der Waals surface area contributed by atoms with Crippen molar-refractivity contribution in [2.24, 2.45) is 5.73 Å². The standard InChI is InChI=1S/C10H12N2S/c1-12-5-4-7-2-3-8(10(11)13)6-9(7)12/h2-3,6H,4-5H2,1H3,(H2,11,13). The zero-order chi connectivity index (χ0) is 9.42. The molecular weight excluding hydrogens is 180 g/mol. The third-order valence-electron chi connectivity index (χ3n) is 2.50. The Morgan fingerprint density at radius 2 is 2.31 bits per heavy atom. The molecule has 2 N–H and O–H groups in total. The number of nitrogens with zero attached hydrogens (tertiary/aromatic N) is 1. The van der Waals surface area contributed by atoms with Crippen LogP contribution >= 0.6 is 12.2 Å². The second-order valence-corrected chi connectivity index (χ2v) is 3.82. The molecule has 0 bridgehead atoms. The lowest BCUT2D eigenvalue weighted by molar-refractivity contribution is 0.956. The van der Waals surface area contributed by atoms with Crippen LogP contribution in [0.3, 0.4) is 0 Å². The topological polar surface area (TPSA) is 29.3 Å². The van der Waals surface area contributed by atoms with Crippen LogP contribution in [0.4, 0.5) is 5.69 Å². The van der Waals surface area contributed by atoms with Gasteiger partial charge in [0, 0.05) is 24.8 Å². The van der Waals surface area contributed by atoms with E-state index in [0.29, 0.717) is 4.99 Å². The second-order valence-electron chi connectivity index (χ2n) is 3.38. The highest BCUT2D eigenvalue weighted by Crippen LogP contribution is 2.27. The summed E-state index contributed by atoms with van der Waals surface area (Å²) < 4.78 is 0. The van der Waals surface area contributed by atoms with Crippen molar-refractivity contribution in [3.8, 4) is 0 Å². The number of rotatable bonds is 1. The largest absolute Gasteiger partial charge is 0.389 e.